The molecule has 0 saturated carbocycles. The number of aliphatic imine (C=N–C) groups is 1. The first-order valence-electron chi connectivity index (χ1n) is 11.4. The molecule has 3 aromatic carbocycles. The fourth-order valence-electron chi connectivity index (χ4n) is 4.30. The number of fused-ring (bicyclic) bond motifs is 1. The lowest BCUT2D eigenvalue weighted by Gasteiger charge is -2.39. The average molecular weight is 471 g/mol. The second kappa shape index (κ2) is 10.8. The van der Waals surface area contributed by atoms with Crippen LogP contribution in [0.25, 0.3) is 16.8 Å². The molecule has 1 aliphatic rings. The number of hydrogen-bond donors (Lipinski definition) is 2. The number of piperazine rings is 1. The lowest BCUT2D eigenvalue weighted by Crippen LogP contribution is -2.53. The first-order valence-corrected chi connectivity index (χ1v) is 11.4. The summed E-state index contributed by atoms with van der Waals surface area (Å²) in [5.74, 6) is -0.339. The highest BCUT2D eigenvalue weighted by Gasteiger charge is 2.26. The van der Waals surface area contributed by atoms with Crippen LogP contribution in [-0.4, -0.2) is 47.3 Å². The van der Waals surface area contributed by atoms with Gasteiger partial charge in [0, 0.05) is 43.9 Å². The zero-order valence-electron chi connectivity index (χ0n) is 19.5. The lowest BCUT2D eigenvalue weighted by atomic mass is 10.0. The molecule has 7 nitrogen and oxygen atoms in total. The number of carbonyl (C=O) groups excluding carboxylic acids is 1. The summed E-state index contributed by atoms with van der Waals surface area (Å²) in [5.41, 5.74) is 8.12. The van der Waals surface area contributed by atoms with E-state index in [0.29, 0.717) is 12.2 Å². The third kappa shape index (κ3) is 6.02. The largest absolute Gasteiger partial charge is 0.369 e. The molecule has 1 aliphatic heterocycles. The first-order chi connectivity index (χ1) is 16.9. The van der Waals surface area contributed by atoms with Crippen LogP contribution >= 0.6 is 0 Å². The molecule has 0 spiro atoms. The molecule has 1 amide bonds. The molecule has 0 radical (unpaired) electrons. The van der Waals surface area contributed by atoms with E-state index in [9.17, 15) is 9.18 Å². The number of nitrogens with one attached hydrogen (secondary N) is 1. The van der Waals surface area contributed by atoms with Crippen LogP contribution in [0.1, 0.15) is 18.1 Å². The molecule has 4 rings (SSSR count). The summed E-state index contributed by atoms with van der Waals surface area (Å²) in [6.07, 6.45) is 5.06. The summed E-state index contributed by atoms with van der Waals surface area (Å²) in [6.45, 7) is 4.83. The number of guanidine groups is 1. The monoisotopic (exact) mass is 470 g/mol. The molecule has 1 heterocycles. The molecule has 3 aromatic rings. The van der Waals surface area contributed by atoms with Crippen molar-refractivity contribution in [2.45, 2.75) is 19.5 Å². The molecule has 1 saturated heterocycles. The molecule has 0 bridgehead atoms. The zero-order chi connectivity index (χ0) is 24.8. The molecule has 178 valence electrons. The van der Waals surface area contributed by atoms with Crippen LogP contribution in [0.15, 0.2) is 71.7 Å². The van der Waals surface area contributed by atoms with Crippen LogP contribution in [-0.2, 0) is 11.3 Å². The smallest absolute Gasteiger partial charge is 0.246 e. The number of nitrogens with two attached hydrogens (primary N) is 1. The normalized spacial score (nSPS) is 17.0. The van der Waals surface area contributed by atoms with E-state index < -0.39 is 0 Å². The zero-order valence-corrected chi connectivity index (χ0v) is 19.5. The van der Waals surface area contributed by atoms with Gasteiger partial charge in [0.2, 0.25) is 11.9 Å². The van der Waals surface area contributed by atoms with Gasteiger partial charge in [-0.05, 0) is 53.6 Å². The highest BCUT2D eigenvalue weighted by molar-refractivity contribution is 5.96. The van der Waals surface area contributed by atoms with Gasteiger partial charge in [-0.25, -0.2) is 9.38 Å². The fourth-order valence-corrected chi connectivity index (χ4v) is 4.30. The maximum atomic E-state index is 13.2. The molecular formula is C27H27FN6O. The summed E-state index contributed by atoms with van der Waals surface area (Å²) in [7, 11) is 0. The van der Waals surface area contributed by atoms with Crippen molar-refractivity contribution in [2.24, 2.45) is 10.7 Å². The number of carbonyl (C=O) groups is 1. The van der Waals surface area contributed by atoms with E-state index in [4.69, 9.17) is 11.0 Å². The Morgan fingerprint density at radius 2 is 1.91 bits per heavy atom. The minimum atomic E-state index is -0.242. The van der Waals surface area contributed by atoms with Gasteiger partial charge in [0.15, 0.2) is 6.19 Å². The Labute approximate surface area is 204 Å². The Morgan fingerprint density at radius 1 is 1.20 bits per heavy atom. The molecule has 1 fully saturated rings. The van der Waals surface area contributed by atoms with Gasteiger partial charge in [0.05, 0.1) is 5.69 Å². The standard InChI is InChI=1S/C27H27FN6O/c1-19-16-33(17-20-6-9-24(28)10-7-20)12-13-34(19)26(35)11-8-23-14-21-4-2-3-5-22(21)15-25(23)32-27(30)31-18-29/h2-11,14-15,19H,12-13,16-17H2,1H3,(H3,30,31,32)/t19-/m1/s1. The minimum Gasteiger partial charge on any atom is -0.369 e. The summed E-state index contributed by atoms with van der Waals surface area (Å²) in [5, 5.41) is 13.1. The fraction of sp³-hybridized carbons (Fsp3) is 0.222. The van der Waals surface area contributed by atoms with Crippen molar-refractivity contribution in [3.05, 3.63) is 83.7 Å². The number of halogens is 1. The summed E-state index contributed by atoms with van der Waals surface area (Å²) in [6, 6.07) is 18.2. The number of amides is 1. The Kier molecular flexibility index (Phi) is 7.38. The third-order valence-electron chi connectivity index (χ3n) is 6.04. The van der Waals surface area contributed by atoms with Crippen LogP contribution in [0, 0.1) is 17.3 Å². The first kappa shape index (κ1) is 23.9. The van der Waals surface area contributed by atoms with Crippen molar-refractivity contribution < 1.29 is 9.18 Å². The molecular weight excluding hydrogens is 443 g/mol. The average Bonchev–Trinajstić information content (AvgIpc) is 2.84. The second-order valence-corrected chi connectivity index (χ2v) is 8.57. The minimum absolute atomic E-state index is 0.0188. The summed E-state index contributed by atoms with van der Waals surface area (Å²) < 4.78 is 13.2. The lowest BCUT2D eigenvalue weighted by molar-refractivity contribution is -0.130. The van der Waals surface area contributed by atoms with Crippen molar-refractivity contribution in [1.82, 2.24) is 15.1 Å². The Bertz CT molecular complexity index is 1310. The topological polar surface area (TPSA) is 97.8 Å². The Balaban J connectivity index is 1.48. The maximum absolute atomic E-state index is 13.2. The maximum Gasteiger partial charge on any atom is 0.246 e. The highest BCUT2D eigenvalue weighted by Crippen LogP contribution is 2.28. The summed E-state index contributed by atoms with van der Waals surface area (Å²) in [4.78, 5) is 21.5. The molecule has 0 aliphatic carbocycles. The molecule has 0 aromatic heterocycles. The predicted molar refractivity (Wildman–Crippen MR) is 136 cm³/mol. The van der Waals surface area contributed by atoms with Gasteiger partial charge >= 0.3 is 0 Å². The highest BCUT2D eigenvalue weighted by atomic mass is 19.1. The number of hydrogen-bond acceptors (Lipinski definition) is 4. The van der Waals surface area contributed by atoms with E-state index in [2.05, 4.69) is 15.2 Å². The van der Waals surface area contributed by atoms with Gasteiger partial charge in [-0.3, -0.25) is 15.0 Å². The van der Waals surface area contributed by atoms with E-state index in [1.54, 1.807) is 30.5 Å². The number of nitriles is 1. The van der Waals surface area contributed by atoms with Gasteiger partial charge in [0.25, 0.3) is 0 Å². The van der Waals surface area contributed by atoms with Crippen molar-refractivity contribution in [3.63, 3.8) is 0 Å². The molecule has 8 heteroatoms. The van der Waals surface area contributed by atoms with Gasteiger partial charge in [0.1, 0.15) is 5.82 Å². The second-order valence-electron chi connectivity index (χ2n) is 8.57. The van der Waals surface area contributed by atoms with Gasteiger partial charge in [-0.2, -0.15) is 5.26 Å². The summed E-state index contributed by atoms with van der Waals surface area (Å²) >= 11 is 0. The van der Waals surface area contributed by atoms with Crippen molar-refractivity contribution in [1.29, 1.82) is 5.26 Å². The molecule has 1 atom stereocenters. The number of benzene rings is 3. The molecule has 35 heavy (non-hydrogen) atoms. The van der Waals surface area contributed by atoms with E-state index in [1.165, 1.54) is 12.1 Å². The third-order valence-corrected chi connectivity index (χ3v) is 6.04. The van der Waals surface area contributed by atoms with E-state index in [0.717, 1.165) is 41.5 Å². The number of nitrogens with zero attached hydrogens (tertiary/aromatic N) is 4. The van der Waals surface area contributed by atoms with Crippen molar-refractivity contribution in [3.8, 4) is 6.19 Å². The molecule has 3 N–H and O–H groups in total. The van der Waals surface area contributed by atoms with E-state index >= 15 is 0 Å². The van der Waals surface area contributed by atoms with Gasteiger partial charge in [-0.15, -0.1) is 0 Å². The SMILES string of the molecule is C[C@@H]1CN(Cc2ccc(F)cc2)CCN1C(=O)C=Cc1cc2ccccc2cc1N=C(N)NC#N. The quantitative estimate of drug-likeness (QED) is 0.195. The van der Waals surface area contributed by atoms with Crippen LogP contribution < -0.4 is 11.1 Å². The van der Waals surface area contributed by atoms with Crippen molar-refractivity contribution >= 4 is 34.4 Å². The van der Waals surface area contributed by atoms with Gasteiger partial charge < -0.3 is 10.6 Å². The van der Waals surface area contributed by atoms with Crippen LogP contribution in [0.2, 0.25) is 0 Å². The van der Waals surface area contributed by atoms with Crippen LogP contribution in [0.5, 0.6) is 0 Å². The van der Waals surface area contributed by atoms with Crippen LogP contribution in [0.4, 0.5) is 10.1 Å². The van der Waals surface area contributed by atoms with Gasteiger partial charge in [-0.1, -0.05) is 36.4 Å². The van der Waals surface area contributed by atoms with E-state index in [1.807, 2.05) is 48.2 Å². The van der Waals surface area contributed by atoms with Crippen LogP contribution in [0.3, 0.4) is 0 Å². The molecule has 0 unspecified atom stereocenters. The Hall–Kier alpha value is -4.22. The van der Waals surface area contributed by atoms with E-state index in [-0.39, 0.29) is 23.7 Å². The van der Waals surface area contributed by atoms with Crippen molar-refractivity contribution in [2.75, 3.05) is 19.6 Å². The Morgan fingerprint density at radius 3 is 2.60 bits per heavy atom. The number of rotatable bonds is 5. The predicted octanol–water partition coefficient (Wildman–Crippen LogP) is 3.74.